The van der Waals surface area contributed by atoms with Crippen molar-refractivity contribution in [2.45, 2.75) is 64.1 Å². The van der Waals surface area contributed by atoms with Gasteiger partial charge in [-0.1, -0.05) is 6.08 Å². The maximum atomic E-state index is 13.5. The fraction of sp³-hybridized carbons (Fsp3) is 0.824. The third kappa shape index (κ3) is 3.70. The molecule has 0 saturated carbocycles. The highest BCUT2D eigenvalue weighted by molar-refractivity contribution is 6.54. The van der Waals surface area contributed by atoms with E-state index in [1.165, 1.54) is 4.90 Å². The van der Waals surface area contributed by atoms with Gasteiger partial charge in [0.05, 0.1) is 17.7 Å². The van der Waals surface area contributed by atoms with Crippen molar-refractivity contribution >= 4 is 13.1 Å². The van der Waals surface area contributed by atoms with Crippen LogP contribution in [0.4, 0.5) is 13.6 Å². The molecule has 0 radical (unpaired) electrons. The number of carbonyl (C=O) groups is 1. The van der Waals surface area contributed by atoms with Crippen LogP contribution in [0, 0.1) is 0 Å². The van der Waals surface area contributed by atoms with Crippen LogP contribution in [0.3, 0.4) is 0 Å². The van der Waals surface area contributed by atoms with Crippen molar-refractivity contribution in [1.29, 1.82) is 0 Å². The summed E-state index contributed by atoms with van der Waals surface area (Å²) in [5.74, 6) is -2.77. The van der Waals surface area contributed by atoms with Gasteiger partial charge in [-0.15, -0.1) is 0 Å². The Morgan fingerprint density at radius 3 is 2.28 bits per heavy atom. The Hall–Kier alpha value is -1.15. The van der Waals surface area contributed by atoms with Crippen molar-refractivity contribution in [2.24, 2.45) is 0 Å². The van der Waals surface area contributed by atoms with Crippen molar-refractivity contribution in [3.05, 3.63) is 11.5 Å². The molecule has 3 heterocycles. The maximum Gasteiger partial charge on any atom is 0.490 e. The molecule has 3 rings (SSSR count). The highest BCUT2D eigenvalue weighted by Gasteiger charge is 2.52. The molecule has 8 heteroatoms. The molecule has 140 valence electrons. The first-order valence-electron chi connectivity index (χ1n) is 8.97. The van der Waals surface area contributed by atoms with Gasteiger partial charge in [0.2, 0.25) is 0 Å². The van der Waals surface area contributed by atoms with Crippen LogP contribution in [-0.2, 0) is 9.31 Å². The second-order valence-corrected chi connectivity index (χ2v) is 8.23. The molecule has 2 fully saturated rings. The SMILES string of the molecule is CC1(C)OB(C2=CCN(C(=O)N3CCCC(F)(F)C3)CC2)OC1(C)C. The second kappa shape index (κ2) is 6.23. The lowest BCUT2D eigenvalue weighted by atomic mass is 9.75. The zero-order valence-corrected chi connectivity index (χ0v) is 15.5. The molecule has 3 aliphatic rings. The summed E-state index contributed by atoms with van der Waals surface area (Å²) in [4.78, 5) is 15.4. The highest BCUT2D eigenvalue weighted by Crippen LogP contribution is 2.39. The predicted octanol–water partition coefficient (Wildman–Crippen LogP) is 3.10. The molecule has 0 spiro atoms. The van der Waals surface area contributed by atoms with Crippen molar-refractivity contribution < 1.29 is 22.9 Å². The quantitative estimate of drug-likeness (QED) is 0.678. The van der Waals surface area contributed by atoms with Gasteiger partial charge in [-0.05, 0) is 46.0 Å². The van der Waals surface area contributed by atoms with E-state index in [0.717, 1.165) is 5.47 Å². The zero-order chi connectivity index (χ0) is 18.5. The number of piperidine rings is 1. The van der Waals surface area contributed by atoms with Gasteiger partial charge >= 0.3 is 13.1 Å². The molecular formula is C17H27BF2N2O3. The Balaban J connectivity index is 1.60. The minimum Gasteiger partial charge on any atom is -0.400 e. The van der Waals surface area contributed by atoms with Crippen LogP contribution in [0.1, 0.15) is 47.0 Å². The van der Waals surface area contributed by atoms with E-state index in [4.69, 9.17) is 9.31 Å². The smallest absolute Gasteiger partial charge is 0.400 e. The number of halogens is 2. The Kier molecular flexibility index (Phi) is 4.65. The molecule has 0 N–H and O–H groups in total. The Morgan fingerprint density at radius 1 is 1.12 bits per heavy atom. The van der Waals surface area contributed by atoms with E-state index in [-0.39, 0.29) is 12.5 Å². The molecule has 0 aliphatic carbocycles. The van der Waals surface area contributed by atoms with Gasteiger partial charge in [0.1, 0.15) is 0 Å². The van der Waals surface area contributed by atoms with Crippen molar-refractivity contribution in [3.63, 3.8) is 0 Å². The largest absolute Gasteiger partial charge is 0.490 e. The van der Waals surface area contributed by atoms with E-state index < -0.39 is 30.8 Å². The standard InChI is InChI=1S/C17H27BF2N2O3/c1-15(2)16(3,4)25-18(24-15)13-6-10-21(11-7-13)14(23)22-9-5-8-17(19,20)12-22/h6H,5,7-12H2,1-4H3. The summed E-state index contributed by atoms with van der Waals surface area (Å²) in [6, 6.07) is -0.302. The van der Waals surface area contributed by atoms with Crippen LogP contribution in [-0.4, -0.2) is 66.3 Å². The lowest BCUT2D eigenvalue weighted by molar-refractivity contribution is -0.0553. The molecule has 2 saturated heterocycles. The van der Waals surface area contributed by atoms with E-state index in [1.54, 1.807) is 4.90 Å². The summed E-state index contributed by atoms with van der Waals surface area (Å²) in [6.07, 6.45) is 2.78. The van der Waals surface area contributed by atoms with Gasteiger partial charge in [0.15, 0.2) is 0 Å². The molecule has 0 aromatic heterocycles. The molecule has 25 heavy (non-hydrogen) atoms. The summed E-state index contributed by atoms with van der Waals surface area (Å²) >= 11 is 0. The van der Waals surface area contributed by atoms with Gasteiger partial charge in [0, 0.05) is 26.1 Å². The molecule has 0 unspecified atom stereocenters. The fourth-order valence-electron chi connectivity index (χ4n) is 3.40. The summed E-state index contributed by atoms with van der Waals surface area (Å²) in [5, 5.41) is 0. The molecule has 0 aromatic carbocycles. The van der Waals surface area contributed by atoms with Gasteiger partial charge in [-0.2, -0.15) is 0 Å². The maximum absolute atomic E-state index is 13.5. The van der Waals surface area contributed by atoms with Gasteiger partial charge in [0.25, 0.3) is 5.92 Å². The second-order valence-electron chi connectivity index (χ2n) is 8.23. The molecular weight excluding hydrogens is 329 g/mol. The molecule has 0 atom stereocenters. The number of hydrogen-bond acceptors (Lipinski definition) is 3. The minimum absolute atomic E-state index is 0.136. The lowest BCUT2D eigenvalue weighted by Gasteiger charge is -2.37. The van der Waals surface area contributed by atoms with Crippen LogP contribution in [0.25, 0.3) is 0 Å². The van der Waals surface area contributed by atoms with Crippen LogP contribution in [0.5, 0.6) is 0 Å². The number of nitrogens with zero attached hydrogens (tertiary/aromatic N) is 2. The van der Waals surface area contributed by atoms with Crippen LogP contribution in [0.2, 0.25) is 0 Å². The predicted molar refractivity (Wildman–Crippen MR) is 91.5 cm³/mol. The Labute approximate surface area is 148 Å². The van der Waals surface area contributed by atoms with Gasteiger partial charge in [-0.25, -0.2) is 13.6 Å². The van der Waals surface area contributed by atoms with Crippen LogP contribution in [0.15, 0.2) is 11.5 Å². The Morgan fingerprint density at radius 2 is 1.76 bits per heavy atom. The van der Waals surface area contributed by atoms with Crippen LogP contribution >= 0.6 is 0 Å². The number of alkyl halides is 2. The van der Waals surface area contributed by atoms with E-state index in [1.807, 2.05) is 33.8 Å². The average molecular weight is 356 g/mol. The molecule has 3 aliphatic heterocycles. The number of hydrogen-bond donors (Lipinski definition) is 0. The Bertz CT molecular complexity index is 564. The number of urea groups is 1. The zero-order valence-electron chi connectivity index (χ0n) is 15.5. The van der Waals surface area contributed by atoms with E-state index >= 15 is 0 Å². The summed E-state index contributed by atoms with van der Waals surface area (Å²) in [6.45, 7) is 8.84. The topological polar surface area (TPSA) is 42.0 Å². The van der Waals surface area contributed by atoms with E-state index in [2.05, 4.69) is 0 Å². The first-order valence-corrected chi connectivity index (χ1v) is 8.97. The van der Waals surface area contributed by atoms with Crippen molar-refractivity contribution in [3.8, 4) is 0 Å². The van der Waals surface area contributed by atoms with E-state index in [9.17, 15) is 13.6 Å². The number of carbonyl (C=O) groups excluding carboxylic acids is 1. The highest BCUT2D eigenvalue weighted by atomic mass is 19.3. The summed E-state index contributed by atoms with van der Waals surface area (Å²) in [5.41, 5.74) is 0.224. The van der Waals surface area contributed by atoms with Crippen molar-refractivity contribution in [1.82, 2.24) is 9.80 Å². The molecule has 0 aromatic rings. The monoisotopic (exact) mass is 356 g/mol. The summed E-state index contributed by atoms with van der Waals surface area (Å²) in [7, 11) is -0.401. The number of amides is 2. The summed E-state index contributed by atoms with van der Waals surface area (Å²) < 4.78 is 39.2. The minimum atomic E-state index is -2.77. The van der Waals surface area contributed by atoms with Gasteiger partial charge in [-0.3, -0.25) is 0 Å². The van der Waals surface area contributed by atoms with E-state index in [0.29, 0.717) is 32.5 Å². The van der Waals surface area contributed by atoms with Gasteiger partial charge < -0.3 is 19.1 Å². The fourth-order valence-corrected chi connectivity index (χ4v) is 3.40. The third-order valence-electron chi connectivity index (χ3n) is 5.73. The average Bonchev–Trinajstić information content (AvgIpc) is 2.74. The lowest BCUT2D eigenvalue weighted by Crippen LogP contribution is -2.52. The first-order chi connectivity index (χ1) is 11.5. The molecule has 0 bridgehead atoms. The molecule has 5 nitrogen and oxygen atoms in total. The molecule has 2 amide bonds. The number of rotatable bonds is 1. The van der Waals surface area contributed by atoms with Crippen LogP contribution < -0.4 is 0 Å². The third-order valence-corrected chi connectivity index (χ3v) is 5.73. The number of likely N-dealkylation sites (tertiary alicyclic amines) is 1. The normalized spacial score (nSPS) is 28.1. The first kappa shape index (κ1) is 18.6. The van der Waals surface area contributed by atoms with Crippen molar-refractivity contribution in [2.75, 3.05) is 26.2 Å².